The van der Waals surface area contributed by atoms with Crippen molar-refractivity contribution in [3.05, 3.63) is 88.7 Å². The van der Waals surface area contributed by atoms with Crippen LogP contribution in [-0.4, -0.2) is 25.0 Å². The molecule has 0 spiro atoms. The van der Waals surface area contributed by atoms with E-state index in [0.717, 1.165) is 47.6 Å². The molecule has 1 amide bonds. The van der Waals surface area contributed by atoms with Gasteiger partial charge in [0.1, 0.15) is 0 Å². The lowest BCUT2D eigenvalue weighted by molar-refractivity contribution is -0.120. The number of benzene rings is 2. The Morgan fingerprint density at radius 1 is 0.886 bits per heavy atom. The zero-order chi connectivity index (χ0) is 25.1. The smallest absolute Gasteiger partial charge is 0.236 e. The maximum Gasteiger partial charge on any atom is 0.236 e. The molecule has 0 bridgehead atoms. The van der Waals surface area contributed by atoms with E-state index in [0.29, 0.717) is 18.4 Å². The van der Waals surface area contributed by atoms with E-state index in [4.69, 9.17) is 4.98 Å². The molecule has 0 fully saturated rings. The van der Waals surface area contributed by atoms with Crippen molar-refractivity contribution in [1.29, 1.82) is 0 Å². The molecule has 4 nitrogen and oxygen atoms in total. The second-order valence-corrected chi connectivity index (χ2v) is 10.6. The fourth-order valence-electron chi connectivity index (χ4n) is 4.83. The van der Waals surface area contributed by atoms with Gasteiger partial charge in [-0.2, -0.15) is 0 Å². The summed E-state index contributed by atoms with van der Waals surface area (Å²) in [6.07, 6.45) is 2.86. The highest BCUT2D eigenvalue weighted by Gasteiger charge is 2.32. The summed E-state index contributed by atoms with van der Waals surface area (Å²) in [7, 11) is 4.08. The zero-order valence-corrected chi connectivity index (χ0v) is 22.1. The molecule has 35 heavy (non-hydrogen) atoms. The van der Waals surface area contributed by atoms with Gasteiger partial charge in [0.05, 0.1) is 18.2 Å². The molecule has 0 saturated carbocycles. The van der Waals surface area contributed by atoms with Gasteiger partial charge in [-0.25, -0.2) is 0 Å². The first-order valence-corrected chi connectivity index (χ1v) is 12.9. The third-order valence-electron chi connectivity index (χ3n) is 7.12. The molecule has 1 aliphatic rings. The number of hydrogen-bond donors (Lipinski definition) is 0. The third kappa shape index (κ3) is 5.58. The van der Waals surface area contributed by atoms with E-state index in [9.17, 15) is 4.79 Å². The van der Waals surface area contributed by atoms with Crippen molar-refractivity contribution < 1.29 is 4.79 Å². The Morgan fingerprint density at radius 2 is 1.54 bits per heavy atom. The van der Waals surface area contributed by atoms with E-state index in [2.05, 4.69) is 93.3 Å². The van der Waals surface area contributed by atoms with Crippen LogP contribution in [0.25, 0.3) is 0 Å². The topological polar surface area (TPSA) is 36.4 Å². The quantitative estimate of drug-likeness (QED) is 0.372. The number of carbonyl (C=O) groups excluding carboxylic acids is 1. The van der Waals surface area contributed by atoms with Gasteiger partial charge in [0.15, 0.2) is 0 Å². The highest BCUT2D eigenvalue weighted by Crippen LogP contribution is 2.35. The van der Waals surface area contributed by atoms with Crippen molar-refractivity contribution in [2.45, 2.75) is 71.3 Å². The summed E-state index contributed by atoms with van der Waals surface area (Å²) < 4.78 is 0. The molecule has 0 saturated heterocycles. The van der Waals surface area contributed by atoms with Crippen LogP contribution in [0.4, 0.5) is 11.4 Å². The van der Waals surface area contributed by atoms with Crippen LogP contribution < -0.4 is 9.80 Å². The molecule has 1 heterocycles. The molecule has 4 rings (SSSR count). The van der Waals surface area contributed by atoms with Crippen molar-refractivity contribution in [3.63, 3.8) is 0 Å². The van der Waals surface area contributed by atoms with E-state index in [-0.39, 0.29) is 11.8 Å². The SMILES string of the molecule is CC(C)c1ccc(N(Cc2ccc(N(C)C)cc2)C(=O)C2CCCc3ccc(C(C)C)nc32)cc1. The van der Waals surface area contributed by atoms with Crippen molar-refractivity contribution in [3.8, 4) is 0 Å². The van der Waals surface area contributed by atoms with Crippen molar-refractivity contribution in [2.75, 3.05) is 23.9 Å². The number of nitrogens with zero attached hydrogens (tertiary/aromatic N) is 3. The average molecular weight is 470 g/mol. The number of aromatic nitrogens is 1. The summed E-state index contributed by atoms with van der Waals surface area (Å²) in [6.45, 7) is 9.26. The fourth-order valence-corrected chi connectivity index (χ4v) is 4.83. The van der Waals surface area contributed by atoms with E-state index >= 15 is 0 Å². The second-order valence-electron chi connectivity index (χ2n) is 10.6. The molecular weight excluding hydrogens is 430 g/mol. The molecule has 1 aliphatic carbocycles. The highest BCUT2D eigenvalue weighted by atomic mass is 16.2. The lowest BCUT2D eigenvalue weighted by atomic mass is 9.84. The minimum absolute atomic E-state index is 0.147. The second kappa shape index (κ2) is 10.6. The largest absolute Gasteiger partial charge is 0.378 e. The van der Waals surface area contributed by atoms with Gasteiger partial charge < -0.3 is 9.80 Å². The first-order valence-electron chi connectivity index (χ1n) is 12.9. The zero-order valence-electron chi connectivity index (χ0n) is 22.1. The molecule has 1 atom stereocenters. The van der Waals surface area contributed by atoms with E-state index in [1.54, 1.807) is 0 Å². The number of rotatable bonds is 7. The van der Waals surface area contributed by atoms with Crippen LogP contribution in [-0.2, 0) is 17.8 Å². The van der Waals surface area contributed by atoms with Gasteiger partial charge >= 0.3 is 0 Å². The molecule has 184 valence electrons. The first kappa shape index (κ1) is 25.0. The lowest BCUT2D eigenvalue weighted by Crippen LogP contribution is -2.36. The number of pyridine rings is 1. The van der Waals surface area contributed by atoms with Crippen LogP contribution in [0.15, 0.2) is 60.7 Å². The minimum Gasteiger partial charge on any atom is -0.378 e. The van der Waals surface area contributed by atoms with Crippen LogP contribution in [0.3, 0.4) is 0 Å². The van der Waals surface area contributed by atoms with Gasteiger partial charge in [0.2, 0.25) is 5.91 Å². The summed E-state index contributed by atoms with van der Waals surface area (Å²) in [5, 5.41) is 0. The number of anilines is 2. The maximum atomic E-state index is 14.2. The Labute approximate surface area is 211 Å². The maximum absolute atomic E-state index is 14.2. The average Bonchev–Trinajstić information content (AvgIpc) is 2.86. The van der Waals surface area contributed by atoms with Gasteiger partial charge in [-0.15, -0.1) is 0 Å². The normalized spacial score (nSPS) is 15.3. The Balaban J connectivity index is 1.71. The van der Waals surface area contributed by atoms with Gasteiger partial charge in [-0.05, 0) is 78.1 Å². The fraction of sp³-hybridized carbons (Fsp3) is 0.419. The van der Waals surface area contributed by atoms with Crippen LogP contribution in [0.1, 0.15) is 86.4 Å². The van der Waals surface area contributed by atoms with Crippen molar-refractivity contribution in [1.82, 2.24) is 4.98 Å². The Bertz CT molecular complexity index is 1150. The summed E-state index contributed by atoms with van der Waals surface area (Å²) in [5.41, 5.74) is 7.78. The van der Waals surface area contributed by atoms with Gasteiger partial charge in [-0.3, -0.25) is 9.78 Å². The predicted octanol–water partition coefficient (Wildman–Crippen LogP) is 7.05. The molecule has 1 unspecified atom stereocenters. The molecule has 0 N–H and O–H groups in total. The van der Waals surface area contributed by atoms with E-state index in [1.807, 2.05) is 19.0 Å². The van der Waals surface area contributed by atoms with Crippen LogP contribution in [0.5, 0.6) is 0 Å². The summed E-state index contributed by atoms with van der Waals surface area (Å²) >= 11 is 0. The molecule has 2 aromatic carbocycles. The number of aryl methyl sites for hydroxylation is 1. The predicted molar refractivity (Wildman–Crippen MR) is 146 cm³/mol. The van der Waals surface area contributed by atoms with Gasteiger partial charge in [-0.1, -0.05) is 58.0 Å². The van der Waals surface area contributed by atoms with Gasteiger partial charge in [0, 0.05) is 31.2 Å². The Morgan fingerprint density at radius 3 is 2.14 bits per heavy atom. The molecular formula is C31H39N3O. The highest BCUT2D eigenvalue weighted by molar-refractivity contribution is 5.98. The van der Waals surface area contributed by atoms with Crippen molar-refractivity contribution >= 4 is 17.3 Å². The van der Waals surface area contributed by atoms with Crippen molar-refractivity contribution in [2.24, 2.45) is 0 Å². The van der Waals surface area contributed by atoms with E-state index < -0.39 is 0 Å². The molecule has 0 radical (unpaired) electrons. The molecule has 4 heteroatoms. The first-order chi connectivity index (χ1) is 16.7. The summed E-state index contributed by atoms with van der Waals surface area (Å²) in [6, 6.07) is 21.3. The number of amides is 1. The van der Waals surface area contributed by atoms with Gasteiger partial charge in [0.25, 0.3) is 0 Å². The third-order valence-corrected chi connectivity index (χ3v) is 7.12. The van der Waals surface area contributed by atoms with E-state index in [1.165, 1.54) is 11.1 Å². The monoisotopic (exact) mass is 469 g/mol. The minimum atomic E-state index is -0.205. The van der Waals surface area contributed by atoms with Crippen LogP contribution >= 0.6 is 0 Å². The summed E-state index contributed by atoms with van der Waals surface area (Å²) in [5.74, 6) is 0.736. The lowest BCUT2D eigenvalue weighted by Gasteiger charge is -2.31. The number of fused-ring (bicyclic) bond motifs is 1. The number of hydrogen-bond acceptors (Lipinski definition) is 3. The number of carbonyl (C=O) groups is 1. The molecule has 3 aromatic rings. The van der Waals surface area contributed by atoms with Crippen LogP contribution in [0.2, 0.25) is 0 Å². The molecule has 1 aromatic heterocycles. The summed E-state index contributed by atoms with van der Waals surface area (Å²) in [4.78, 5) is 23.3. The van der Waals surface area contributed by atoms with Crippen LogP contribution in [0, 0.1) is 0 Å². The Kier molecular flexibility index (Phi) is 7.59. The molecule has 0 aliphatic heterocycles. The standard InChI is InChI=1S/C31H39N3O/c1-21(2)24-12-17-27(18-13-24)34(20-23-10-15-26(16-11-23)33(5)6)31(35)28-9-7-8-25-14-19-29(22(3)4)32-30(25)28/h10-19,21-22,28H,7-9,20H2,1-6H3. The Hall–Kier alpha value is -3.14.